The van der Waals surface area contributed by atoms with Crippen LogP contribution in [0.2, 0.25) is 13.6 Å². The van der Waals surface area contributed by atoms with E-state index in [0.717, 1.165) is 17.6 Å². The fourth-order valence-electron chi connectivity index (χ4n) is 2.77. The molecule has 4 rings (SSSR count). The van der Waals surface area contributed by atoms with Crippen LogP contribution in [0.1, 0.15) is 11.1 Å². The molecule has 2 aliphatic heterocycles. The Morgan fingerprint density at radius 1 is 0.857 bits per heavy atom. The quantitative estimate of drug-likeness (QED) is 0.690. The van der Waals surface area contributed by atoms with E-state index in [9.17, 15) is 4.39 Å². The molecule has 0 amide bonds. The summed E-state index contributed by atoms with van der Waals surface area (Å²) in [5.74, 6) is -0.179. The third-order valence-electron chi connectivity index (χ3n) is 4.01. The minimum atomic E-state index is -0.179. The van der Waals surface area contributed by atoms with Crippen LogP contribution in [0, 0.1) is 5.82 Å². The summed E-state index contributed by atoms with van der Waals surface area (Å²) in [6, 6.07) is 13.2. The van der Waals surface area contributed by atoms with E-state index in [1.54, 1.807) is 12.1 Å². The largest absolute Gasteiger partial charge is 0.427 e. The number of hydrogen-bond acceptors (Lipinski definition) is 2. The smallest absolute Gasteiger partial charge is 0.324 e. The highest BCUT2D eigenvalue weighted by atomic mass is 19.1. The van der Waals surface area contributed by atoms with Crippen LogP contribution >= 0.6 is 0 Å². The Hall–Kier alpha value is -1.58. The minimum Gasteiger partial charge on any atom is -0.427 e. The van der Waals surface area contributed by atoms with Crippen LogP contribution in [0.3, 0.4) is 0 Å². The molecule has 2 aromatic carbocycles. The molecule has 21 heavy (non-hydrogen) atoms. The van der Waals surface area contributed by atoms with Gasteiger partial charge in [0.2, 0.25) is 0 Å². The first-order valence-corrected chi connectivity index (χ1v) is 7.24. The fraction of sp³-hybridized carbons (Fsp3) is 0.250. The molecule has 0 aromatic heterocycles. The SMILES string of the molecule is CB1OCc2cc(F)ccc21.CB1OCc2ccccc21. The molecule has 0 unspecified atom stereocenters. The van der Waals surface area contributed by atoms with Gasteiger partial charge in [-0.3, -0.25) is 0 Å². The highest BCUT2D eigenvalue weighted by molar-refractivity contribution is 6.67. The highest BCUT2D eigenvalue weighted by Crippen LogP contribution is 2.11. The van der Waals surface area contributed by atoms with E-state index in [-0.39, 0.29) is 12.7 Å². The summed E-state index contributed by atoms with van der Waals surface area (Å²) in [5, 5.41) is 0. The summed E-state index contributed by atoms with van der Waals surface area (Å²) in [4.78, 5) is 0. The van der Waals surface area contributed by atoms with Gasteiger partial charge in [-0.1, -0.05) is 44.0 Å². The Morgan fingerprint density at radius 3 is 2.19 bits per heavy atom. The first-order chi connectivity index (χ1) is 10.1. The van der Waals surface area contributed by atoms with E-state index in [0.29, 0.717) is 13.5 Å². The number of benzene rings is 2. The van der Waals surface area contributed by atoms with E-state index in [1.165, 1.54) is 17.1 Å². The zero-order valence-corrected chi connectivity index (χ0v) is 12.3. The summed E-state index contributed by atoms with van der Waals surface area (Å²) in [6.07, 6.45) is 0. The molecule has 0 radical (unpaired) electrons. The molecule has 5 heteroatoms. The van der Waals surface area contributed by atoms with E-state index in [1.807, 2.05) is 6.82 Å². The van der Waals surface area contributed by atoms with E-state index >= 15 is 0 Å². The molecule has 0 spiro atoms. The summed E-state index contributed by atoms with van der Waals surface area (Å²) in [6.45, 7) is 5.84. The monoisotopic (exact) mass is 282 g/mol. The molecule has 2 aliphatic rings. The Morgan fingerprint density at radius 2 is 1.48 bits per heavy atom. The Balaban J connectivity index is 0.000000126. The van der Waals surface area contributed by atoms with Crippen molar-refractivity contribution in [3.63, 3.8) is 0 Å². The van der Waals surface area contributed by atoms with Gasteiger partial charge in [0.15, 0.2) is 0 Å². The molecule has 0 atom stereocenters. The predicted molar refractivity (Wildman–Crippen MR) is 84.9 cm³/mol. The molecule has 0 aliphatic carbocycles. The maximum Gasteiger partial charge on any atom is 0.324 e. The molecule has 0 saturated heterocycles. The lowest BCUT2D eigenvalue weighted by atomic mass is 9.64. The van der Waals surface area contributed by atoms with Gasteiger partial charge in [-0.15, -0.1) is 0 Å². The van der Waals surface area contributed by atoms with Gasteiger partial charge in [0.25, 0.3) is 0 Å². The van der Waals surface area contributed by atoms with Crippen molar-refractivity contribution in [2.24, 2.45) is 0 Å². The average Bonchev–Trinajstić information content (AvgIpc) is 3.04. The maximum absolute atomic E-state index is 12.6. The molecule has 2 nitrogen and oxygen atoms in total. The molecular weight excluding hydrogens is 265 g/mol. The summed E-state index contributed by atoms with van der Waals surface area (Å²) in [7, 11) is 0. The first kappa shape index (κ1) is 14.4. The zero-order valence-electron chi connectivity index (χ0n) is 12.3. The second-order valence-corrected chi connectivity index (χ2v) is 5.45. The fourth-order valence-corrected chi connectivity index (χ4v) is 2.77. The van der Waals surface area contributed by atoms with Gasteiger partial charge >= 0.3 is 13.8 Å². The van der Waals surface area contributed by atoms with Gasteiger partial charge in [-0.2, -0.15) is 0 Å². The number of halogens is 1. The van der Waals surface area contributed by atoms with Crippen LogP contribution in [-0.2, 0) is 22.5 Å². The van der Waals surface area contributed by atoms with Crippen LogP contribution in [-0.4, -0.2) is 13.8 Å². The zero-order chi connectivity index (χ0) is 14.8. The summed E-state index contributed by atoms with van der Waals surface area (Å²) < 4.78 is 23.4. The predicted octanol–water partition coefficient (Wildman–Crippen LogP) is 2.23. The third kappa shape index (κ3) is 3.04. The topological polar surface area (TPSA) is 18.5 Å². The van der Waals surface area contributed by atoms with Gasteiger partial charge in [0, 0.05) is 0 Å². The van der Waals surface area contributed by atoms with Gasteiger partial charge in [0.1, 0.15) is 5.82 Å². The first-order valence-electron chi connectivity index (χ1n) is 7.24. The van der Waals surface area contributed by atoms with Crippen molar-refractivity contribution >= 4 is 24.8 Å². The lowest BCUT2D eigenvalue weighted by Crippen LogP contribution is -2.23. The molecule has 0 fully saturated rings. The standard InChI is InChI=1S/C8H8BFO.C8H9BO/c1-9-8-3-2-7(10)4-6(8)5-11-9;1-9-8-5-3-2-4-7(8)6-10-9/h2-4H,5H2,1H3;2-5H,6H2,1H3. The van der Waals surface area contributed by atoms with Gasteiger partial charge < -0.3 is 9.31 Å². The van der Waals surface area contributed by atoms with Crippen LogP contribution in [0.25, 0.3) is 0 Å². The van der Waals surface area contributed by atoms with Gasteiger partial charge in [-0.05, 0) is 34.2 Å². The average molecular weight is 282 g/mol. The van der Waals surface area contributed by atoms with Crippen molar-refractivity contribution in [2.75, 3.05) is 0 Å². The number of fused-ring (bicyclic) bond motifs is 2. The Bertz CT molecular complexity index is 648. The maximum atomic E-state index is 12.6. The molecule has 106 valence electrons. The number of hydrogen-bond donors (Lipinski definition) is 0. The second-order valence-electron chi connectivity index (χ2n) is 5.45. The Labute approximate surface area is 125 Å². The molecule has 0 bridgehead atoms. The van der Waals surface area contributed by atoms with E-state index in [2.05, 4.69) is 31.1 Å². The second kappa shape index (κ2) is 6.04. The summed E-state index contributed by atoms with van der Waals surface area (Å²) >= 11 is 0. The molecule has 2 aromatic rings. The van der Waals surface area contributed by atoms with Crippen molar-refractivity contribution < 1.29 is 13.7 Å². The van der Waals surface area contributed by atoms with E-state index < -0.39 is 0 Å². The van der Waals surface area contributed by atoms with Crippen LogP contribution in [0.4, 0.5) is 4.39 Å². The lowest BCUT2D eigenvalue weighted by Gasteiger charge is -1.97. The van der Waals surface area contributed by atoms with Gasteiger partial charge in [0.05, 0.1) is 13.2 Å². The van der Waals surface area contributed by atoms with Crippen LogP contribution in [0.15, 0.2) is 42.5 Å². The number of rotatable bonds is 0. The van der Waals surface area contributed by atoms with Crippen molar-refractivity contribution in [3.05, 3.63) is 59.4 Å². The highest BCUT2D eigenvalue weighted by Gasteiger charge is 2.23. The van der Waals surface area contributed by atoms with E-state index in [4.69, 9.17) is 9.31 Å². The minimum absolute atomic E-state index is 0.130. The van der Waals surface area contributed by atoms with Crippen molar-refractivity contribution in [3.8, 4) is 0 Å². The Kier molecular flexibility index (Phi) is 4.13. The molecule has 2 heterocycles. The molecular formula is C16H17B2FO2. The molecule has 0 N–H and O–H groups in total. The van der Waals surface area contributed by atoms with Gasteiger partial charge in [-0.25, -0.2) is 4.39 Å². The van der Waals surface area contributed by atoms with Crippen molar-refractivity contribution in [1.82, 2.24) is 0 Å². The summed E-state index contributed by atoms with van der Waals surface area (Å²) in [5.41, 5.74) is 4.79. The third-order valence-corrected chi connectivity index (χ3v) is 4.01. The van der Waals surface area contributed by atoms with Crippen molar-refractivity contribution in [1.29, 1.82) is 0 Å². The van der Waals surface area contributed by atoms with Crippen molar-refractivity contribution in [2.45, 2.75) is 26.9 Å². The normalized spacial score (nSPS) is 15.4. The van der Waals surface area contributed by atoms with Crippen LogP contribution in [0.5, 0.6) is 0 Å². The lowest BCUT2D eigenvalue weighted by molar-refractivity contribution is 0.333. The molecule has 0 saturated carbocycles. The van der Waals surface area contributed by atoms with Crippen LogP contribution < -0.4 is 10.9 Å².